The van der Waals surface area contributed by atoms with Crippen LogP contribution in [-0.4, -0.2) is 30.5 Å². The van der Waals surface area contributed by atoms with Gasteiger partial charge in [0.25, 0.3) is 5.69 Å². The second kappa shape index (κ2) is 14.3. The number of phenolic OH excluding ortho intramolecular Hbond substituents is 5. The van der Waals surface area contributed by atoms with E-state index in [9.17, 15) is 35.6 Å². The van der Waals surface area contributed by atoms with Gasteiger partial charge in [-0.15, -0.1) is 0 Å². The Labute approximate surface area is 305 Å². The van der Waals surface area contributed by atoms with Gasteiger partial charge in [-0.25, -0.2) is 0 Å². The first-order valence-electron chi connectivity index (χ1n) is 17.5. The molecule has 0 bridgehead atoms. The van der Waals surface area contributed by atoms with E-state index < -0.39 is 4.92 Å². The van der Waals surface area contributed by atoms with E-state index in [1.54, 1.807) is 12.1 Å². The second-order valence-corrected chi connectivity index (χ2v) is 16.1. The highest BCUT2D eigenvalue weighted by atomic mass is 16.6. The summed E-state index contributed by atoms with van der Waals surface area (Å²) in [6.45, 7) is 16.1. The third kappa shape index (κ3) is 8.34. The van der Waals surface area contributed by atoms with E-state index in [1.165, 1.54) is 12.1 Å². The Morgan fingerprint density at radius 3 is 1.06 bits per heavy atom. The summed E-state index contributed by atoms with van der Waals surface area (Å²) in [5, 5.41) is 68.4. The van der Waals surface area contributed by atoms with Gasteiger partial charge in [0.05, 0.1) is 4.92 Å². The minimum absolute atomic E-state index is 0.00500. The van der Waals surface area contributed by atoms with E-state index >= 15 is 0 Å². The van der Waals surface area contributed by atoms with Crippen LogP contribution < -0.4 is 0 Å². The highest BCUT2D eigenvalue weighted by Crippen LogP contribution is 2.40. The Morgan fingerprint density at radius 2 is 0.769 bits per heavy atom. The van der Waals surface area contributed by atoms with Crippen LogP contribution in [0.25, 0.3) is 0 Å². The Bertz CT molecular complexity index is 2030. The molecule has 0 fully saturated rings. The molecular weight excluding hydrogens is 654 g/mol. The summed E-state index contributed by atoms with van der Waals surface area (Å²) in [7, 11) is 0. The summed E-state index contributed by atoms with van der Waals surface area (Å²) in [6, 6.07) is 20.8. The van der Waals surface area contributed by atoms with Crippen molar-refractivity contribution in [3.8, 4) is 28.7 Å². The molecule has 0 radical (unpaired) electrons. The molecule has 0 amide bonds. The molecule has 272 valence electrons. The highest BCUT2D eigenvalue weighted by Gasteiger charge is 2.25. The topological polar surface area (TPSA) is 144 Å². The van der Waals surface area contributed by atoms with Crippen LogP contribution in [0.5, 0.6) is 28.7 Å². The molecule has 8 heteroatoms. The van der Waals surface area contributed by atoms with E-state index in [-0.39, 0.29) is 82.1 Å². The zero-order valence-electron chi connectivity index (χ0n) is 31.3. The van der Waals surface area contributed by atoms with Crippen LogP contribution in [0.4, 0.5) is 5.69 Å². The molecule has 5 aromatic rings. The predicted octanol–water partition coefficient (Wildman–Crippen LogP) is 9.70. The molecule has 52 heavy (non-hydrogen) atoms. The molecular formula is C44H49NO7. The van der Waals surface area contributed by atoms with E-state index in [0.717, 1.165) is 22.3 Å². The van der Waals surface area contributed by atoms with Crippen LogP contribution in [0.1, 0.15) is 108 Å². The first-order valence-corrected chi connectivity index (χ1v) is 17.5. The van der Waals surface area contributed by atoms with E-state index in [0.29, 0.717) is 33.4 Å². The number of aryl methyl sites for hydroxylation is 2. The lowest BCUT2D eigenvalue weighted by molar-refractivity contribution is -0.385. The Morgan fingerprint density at radius 1 is 0.481 bits per heavy atom. The van der Waals surface area contributed by atoms with Crippen LogP contribution in [-0.2, 0) is 36.5 Å². The predicted molar refractivity (Wildman–Crippen MR) is 205 cm³/mol. The fraction of sp³-hybridized carbons (Fsp3) is 0.318. The van der Waals surface area contributed by atoms with Crippen LogP contribution in [0.3, 0.4) is 0 Å². The van der Waals surface area contributed by atoms with E-state index in [4.69, 9.17) is 0 Å². The molecule has 5 rings (SSSR count). The first kappa shape index (κ1) is 37.7. The molecule has 0 atom stereocenters. The highest BCUT2D eigenvalue weighted by molar-refractivity contribution is 5.58. The number of aromatic hydroxyl groups is 5. The Hall–Kier alpha value is -5.50. The van der Waals surface area contributed by atoms with Crippen molar-refractivity contribution in [3.05, 3.63) is 150 Å². The van der Waals surface area contributed by atoms with Gasteiger partial charge in [0.15, 0.2) is 0 Å². The standard InChI is InChI=1S/C44H49NO7/c1-25-9-11-38(46)27(13-25)15-29-19-35(43(3,4)5)21-31(40(29)48)17-33-23-37(45(51)52)24-34(42(33)50)18-32-22-36(44(6,7)8)20-30(41(32)49)16-28-14-26(2)10-12-39(28)47/h9-14,19-24,46-50H,15-18H2,1-8H3. The van der Waals surface area contributed by atoms with Crippen molar-refractivity contribution < 1.29 is 30.5 Å². The number of rotatable bonds is 9. The minimum atomic E-state index is -0.513. The normalized spacial score (nSPS) is 11.9. The SMILES string of the molecule is Cc1ccc(O)c(Cc2cc(C(C)(C)C)cc(Cc3cc([N+](=O)[O-])cc(Cc4cc(C(C)(C)C)cc(Cc5cc(C)ccc5O)c4O)c3O)c2O)c1. The molecule has 0 aliphatic carbocycles. The van der Waals surface area contributed by atoms with Crippen molar-refractivity contribution in [2.24, 2.45) is 0 Å². The lowest BCUT2D eigenvalue weighted by atomic mass is 9.82. The molecule has 0 saturated carbocycles. The van der Waals surface area contributed by atoms with Crippen LogP contribution in [0, 0.1) is 24.0 Å². The molecule has 0 spiro atoms. The fourth-order valence-electron chi connectivity index (χ4n) is 6.57. The monoisotopic (exact) mass is 703 g/mol. The van der Waals surface area contributed by atoms with Crippen molar-refractivity contribution in [3.63, 3.8) is 0 Å². The van der Waals surface area contributed by atoms with Crippen molar-refractivity contribution >= 4 is 5.69 Å². The molecule has 0 aromatic heterocycles. The molecule has 8 nitrogen and oxygen atoms in total. The van der Waals surface area contributed by atoms with Gasteiger partial charge < -0.3 is 25.5 Å². The van der Waals surface area contributed by atoms with Gasteiger partial charge in [0.2, 0.25) is 0 Å². The molecule has 5 aromatic carbocycles. The van der Waals surface area contributed by atoms with Crippen LogP contribution in [0.15, 0.2) is 72.8 Å². The number of non-ortho nitro benzene ring substituents is 1. The van der Waals surface area contributed by atoms with Gasteiger partial charge in [0.1, 0.15) is 28.7 Å². The molecule has 0 aliphatic heterocycles. The summed E-state index contributed by atoms with van der Waals surface area (Å²) >= 11 is 0. The van der Waals surface area contributed by atoms with Crippen molar-refractivity contribution in [1.82, 2.24) is 0 Å². The smallest absolute Gasteiger partial charge is 0.270 e. The second-order valence-electron chi connectivity index (χ2n) is 16.1. The van der Waals surface area contributed by atoms with E-state index in [1.807, 2.05) is 104 Å². The van der Waals surface area contributed by atoms with Gasteiger partial charge in [0, 0.05) is 48.9 Å². The number of hydrogen-bond donors (Lipinski definition) is 5. The quantitative estimate of drug-likeness (QED) is 0.0759. The molecule has 0 unspecified atom stereocenters. The van der Waals surface area contributed by atoms with Gasteiger partial charge in [-0.1, -0.05) is 101 Å². The summed E-state index contributed by atoms with van der Waals surface area (Å²) in [6.07, 6.45) is 0.507. The summed E-state index contributed by atoms with van der Waals surface area (Å²) in [4.78, 5) is 11.7. The Kier molecular flexibility index (Phi) is 10.3. The van der Waals surface area contributed by atoms with E-state index in [2.05, 4.69) is 0 Å². The zero-order valence-corrected chi connectivity index (χ0v) is 31.3. The number of nitro benzene ring substituents is 1. The molecule has 0 aliphatic rings. The zero-order chi connectivity index (χ0) is 38.3. The summed E-state index contributed by atoms with van der Waals surface area (Å²) in [5.41, 5.74) is 6.87. The maximum absolute atomic E-state index is 12.2. The van der Waals surface area contributed by atoms with Crippen LogP contribution in [0.2, 0.25) is 0 Å². The number of nitrogens with zero attached hydrogens (tertiary/aromatic N) is 1. The third-order valence-electron chi connectivity index (χ3n) is 9.72. The van der Waals surface area contributed by atoms with Gasteiger partial charge in [-0.2, -0.15) is 0 Å². The van der Waals surface area contributed by atoms with Gasteiger partial charge >= 0.3 is 0 Å². The fourth-order valence-corrected chi connectivity index (χ4v) is 6.57. The van der Waals surface area contributed by atoms with Gasteiger partial charge in [-0.3, -0.25) is 10.1 Å². The number of nitro groups is 1. The number of phenols is 5. The average Bonchev–Trinajstić information content (AvgIpc) is 3.04. The first-order chi connectivity index (χ1) is 24.2. The summed E-state index contributed by atoms with van der Waals surface area (Å²) < 4.78 is 0. The van der Waals surface area contributed by atoms with Crippen molar-refractivity contribution in [2.45, 2.75) is 91.9 Å². The summed E-state index contributed by atoms with van der Waals surface area (Å²) in [5.74, 6) is 0.0435. The maximum atomic E-state index is 12.2. The number of hydrogen-bond acceptors (Lipinski definition) is 7. The minimum Gasteiger partial charge on any atom is -0.508 e. The maximum Gasteiger partial charge on any atom is 0.270 e. The largest absolute Gasteiger partial charge is 0.508 e. The number of benzene rings is 5. The average molecular weight is 704 g/mol. The molecule has 5 N–H and O–H groups in total. The third-order valence-corrected chi connectivity index (χ3v) is 9.72. The molecule has 0 heterocycles. The molecule has 0 saturated heterocycles. The van der Waals surface area contributed by atoms with Crippen molar-refractivity contribution in [2.75, 3.05) is 0 Å². The Balaban J connectivity index is 1.61. The van der Waals surface area contributed by atoms with Crippen LogP contribution >= 0.6 is 0 Å². The van der Waals surface area contributed by atoms with Crippen molar-refractivity contribution in [1.29, 1.82) is 0 Å². The van der Waals surface area contributed by atoms with Gasteiger partial charge in [-0.05, 0) is 81.3 Å². The lowest BCUT2D eigenvalue weighted by Crippen LogP contribution is -2.13. The lowest BCUT2D eigenvalue weighted by Gasteiger charge is -2.24.